The standard InChI is InChI=1S/C8H16BrS.BrH/c1-10(2)8-6-4-3-5-7(8)9;/h7-8H,3-6H2,1-2H3;1H/q+1;/p-1. The summed E-state index contributed by atoms with van der Waals surface area (Å²) in [4.78, 5) is 0.819. The molecule has 1 aliphatic rings. The van der Waals surface area contributed by atoms with Crippen LogP contribution in [0.4, 0.5) is 0 Å². The topological polar surface area (TPSA) is 0 Å². The monoisotopic (exact) mass is 302 g/mol. The lowest BCUT2D eigenvalue weighted by Gasteiger charge is -2.23. The van der Waals surface area contributed by atoms with E-state index in [0.29, 0.717) is 10.9 Å². The zero-order valence-electron chi connectivity index (χ0n) is 7.15. The predicted molar refractivity (Wildman–Crippen MR) is 54.2 cm³/mol. The Kier molecular flexibility index (Phi) is 6.57. The fourth-order valence-corrected chi connectivity index (χ4v) is 4.83. The van der Waals surface area contributed by atoms with Crippen LogP contribution in [0.3, 0.4) is 0 Å². The van der Waals surface area contributed by atoms with E-state index in [-0.39, 0.29) is 17.0 Å². The maximum absolute atomic E-state index is 3.76. The Labute approximate surface area is 91.8 Å². The zero-order valence-corrected chi connectivity index (χ0v) is 11.1. The van der Waals surface area contributed by atoms with Crippen LogP contribution in [0, 0.1) is 0 Å². The fraction of sp³-hybridized carbons (Fsp3) is 1.00. The fourth-order valence-electron chi connectivity index (χ4n) is 1.58. The predicted octanol–water partition coefficient (Wildman–Crippen LogP) is -0.426. The maximum atomic E-state index is 3.76. The summed E-state index contributed by atoms with van der Waals surface area (Å²) in [6.45, 7) is 0. The summed E-state index contributed by atoms with van der Waals surface area (Å²) < 4.78 is 0. The summed E-state index contributed by atoms with van der Waals surface area (Å²) in [7, 11) is 0.621. The molecule has 68 valence electrons. The van der Waals surface area contributed by atoms with E-state index in [9.17, 15) is 0 Å². The molecule has 0 saturated heterocycles. The van der Waals surface area contributed by atoms with Crippen molar-refractivity contribution >= 4 is 26.8 Å². The molecule has 0 aliphatic heterocycles. The number of halogens is 2. The molecule has 2 atom stereocenters. The number of alkyl halides is 1. The van der Waals surface area contributed by atoms with Crippen LogP contribution in [0.25, 0.3) is 0 Å². The van der Waals surface area contributed by atoms with Crippen molar-refractivity contribution in [1.82, 2.24) is 0 Å². The molecule has 0 N–H and O–H groups in total. The van der Waals surface area contributed by atoms with Crippen molar-refractivity contribution in [3.8, 4) is 0 Å². The third-order valence-corrected chi connectivity index (χ3v) is 5.45. The van der Waals surface area contributed by atoms with Crippen molar-refractivity contribution in [2.45, 2.75) is 35.8 Å². The molecule has 2 unspecified atom stereocenters. The molecule has 0 radical (unpaired) electrons. The van der Waals surface area contributed by atoms with Crippen LogP contribution in [-0.2, 0) is 10.9 Å². The molecule has 0 spiro atoms. The first-order valence-electron chi connectivity index (χ1n) is 3.92. The molecule has 3 heteroatoms. The minimum atomic E-state index is 0. The van der Waals surface area contributed by atoms with E-state index in [1.807, 2.05) is 0 Å². The van der Waals surface area contributed by atoms with Gasteiger partial charge in [-0.3, -0.25) is 0 Å². The van der Waals surface area contributed by atoms with Crippen molar-refractivity contribution in [3.63, 3.8) is 0 Å². The molecule has 1 rings (SSSR count). The lowest BCUT2D eigenvalue weighted by Crippen LogP contribution is -3.00. The molecular formula is C8H16Br2S. The van der Waals surface area contributed by atoms with Crippen LogP contribution in [-0.4, -0.2) is 22.6 Å². The van der Waals surface area contributed by atoms with Crippen LogP contribution in [0.15, 0.2) is 0 Å². The molecule has 0 heterocycles. The summed E-state index contributed by atoms with van der Waals surface area (Å²) in [5, 5.41) is 0.966. The van der Waals surface area contributed by atoms with Crippen LogP contribution < -0.4 is 17.0 Å². The van der Waals surface area contributed by atoms with E-state index in [1.54, 1.807) is 0 Å². The largest absolute Gasteiger partial charge is 1.00 e. The molecular weight excluding hydrogens is 288 g/mol. The second-order valence-corrected chi connectivity index (χ2v) is 6.76. The summed E-state index contributed by atoms with van der Waals surface area (Å²) in [5.74, 6) is 0. The van der Waals surface area contributed by atoms with Crippen LogP contribution >= 0.6 is 15.9 Å². The van der Waals surface area contributed by atoms with Crippen LogP contribution in [0.2, 0.25) is 0 Å². The van der Waals surface area contributed by atoms with Gasteiger partial charge in [0.25, 0.3) is 0 Å². The molecule has 0 aromatic heterocycles. The second-order valence-electron chi connectivity index (χ2n) is 3.22. The minimum Gasteiger partial charge on any atom is -1.00 e. The smallest absolute Gasteiger partial charge is 0.130 e. The first-order chi connectivity index (χ1) is 4.72. The van der Waals surface area contributed by atoms with E-state index in [2.05, 4.69) is 28.4 Å². The normalized spacial score (nSPS) is 31.6. The van der Waals surface area contributed by atoms with Crippen molar-refractivity contribution in [2.75, 3.05) is 12.5 Å². The van der Waals surface area contributed by atoms with E-state index >= 15 is 0 Å². The van der Waals surface area contributed by atoms with Gasteiger partial charge < -0.3 is 17.0 Å². The van der Waals surface area contributed by atoms with E-state index in [0.717, 1.165) is 10.1 Å². The molecule has 0 nitrogen and oxygen atoms in total. The SMILES string of the molecule is C[S+](C)C1CCCCC1Br.[Br-]. The molecule has 1 fully saturated rings. The van der Waals surface area contributed by atoms with Gasteiger partial charge in [0, 0.05) is 0 Å². The summed E-state index contributed by atoms with van der Waals surface area (Å²) in [6.07, 6.45) is 10.5. The van der Waals surface area contributed by atoms with Gasteiger partial charge in [-0.25, -0.2) is 0 Å². The van der Waals surface area contributed by atoms with Crippen molar-refractivity contribution in [2.24, 2.45) is 0 Å². The Bertz CT molecular complexity index is 106. The Morgan fingerprint density at radius 2 is 1.73 bits per heavy atom. The van der Waals surface area contributed by atoms with Gasteiger partial charge >= 0.3 is 0 Å². The van der Waals surface area contributed by atoms with Crippen molar-refractivity contribution in [1.29, 1.82) is 0 Å². The van der Waals surface area contributed by atoms with E-state index in [1.165, 1.54) is 25.7 Å². The van der Waals surface area contributed by atoms with Crippen LogP contribution in [0.5, 0.6) is 0 Å². The highest BCUT2D eigenvalue weighted by Crippen LogP contribution is 2.29. The Hall–Kier alpha value is 1.31. The first kappa shape index (κ1) is 12.3. The van der Waals surface area contributed by atoms with Gasteiger partial charge in [-0.1, -0.05) is 22.4 Å². The first-order valence-corrected chi connectivity index (χ1v) is 6.94. The second kappa shape index (κ2) is 5.87. The zero-order chi connectivity index (χ0) is 7.56. The Morgan fingerprint density at radius 1 is 1.18 bits per heavy atom. The highest BCUT2D eigenvalue weighted by molar-refractivity contribution is 9.09. The molecule has 0 aromatic carbocycles. The third-order valence-electron chi connectivity index (χ3n) is 2.23. The van der Waals surface area contributed by atoms with Gasteiger partial charge in [-0.05, 0) is 30.2 Å². The van der Waals surface area contributed by atoms with Gasteiger partial charge in [0.05, 0.1) is 17.3 Å². The minimum absolute atomic E-state index is 0. The molecule has 0 amide bonds. The number of rotatable bonds is 1. The Balaban J connectivity index is 0.000001000. The Morgan fingerprint density at radius 3 is 2.09 bits per heavy atom. The molecule has 1 saturated carbocycles. The van der Waals surface area contributed by atoms with E-state index < -0.39 is 0 Å². The quantitative estimate of drug-likeness (QED) is 0.456. The lowest BCUT2D eigenvalue weighted by atomic mass is 10.0. The van der Waals surface area contributed by atoms with Crippen molar-refractivity contribution in [3.05, 3.63) is 0 Å². The molecule has 0 bridgehead atoms. The molecule has 0 aromatic rings. The number of hydrogen-bond donors (Lipinski definition) is 0. The molecule has 1 aliphatic carbocycles. The summed E-state index contributed by atoms with van der Waals surface area (Å²) >= 11 is 3.76. The van der Waals surface area contributed by atoms with Crippen LogP contribution in [0.1, 0.15) is 25.7 Å². The van der Waals surface area contributed by atoms with E-state index in [4.69, 9.17) is 0 Å². The summed E-state index contributed by atoms with van der Waals surface area (Å²) in [6, 6.07) is 0. The van der Waals surface area contributed by atoms with Gasteiger partial charge in [-0.2, -0.15) is 0 Å². The third kappa shape index (κ3) is 3.69. The van der Waals surface area contributed by atoms with Gasteiger partial charge in [-0.15, -0.1) is 0 Å². The summed E-state index contributed by atoms with van der Waals surface area (Å²) in [5.41, 5.74) is 0. The van der Waals surface area contributed by atoms with Gasteiger partial charge in [0.15, 0.2) is 0 Å². The lowest BCUT2D eigenvalue weighted by molar-refractivity contribution is -0.00000211. The van der Waals surface area contributed by atoms with Crippen molar-refractivity contribution < 1.29 is 17.0 Å². The maximum Gasteiger partial charge on any atom is 0.130 e. The number of hydrogen-bond acceptors (Lipinski definition) is 0. The average Bonchev–Trinajstić information content (AvgIpc) is 1.88. The highest BCUT2D eigenvalue weighted by Gasteiger charge is 2.31. The van der Waals surface area contributed by atoms with Gasteiger partial charge in [0.2, 0.25) is 0 Å². The average molecular weight is 304 g/mol. The molecule has 11 heavy (non-hydrogen) atoms. The highest BCUT2D eigenvalue weighted by atomic mass is 79.9. The van der Waals surface area contributed by atoms with Gasteiger partial charge in [0.1, 0.15) is 5.25 Å².